The minimum absolute atomic E-state index is 0.0213. The molecule has 1 fully saturated rings. The smallest absolute Gasteiger partial charge is 0.349 e. The van der Waals surface area contributed by atoms with Gasteiger partial charge < -0.3 is 9.47 Å². The maximum absolute atomic E-state index is 12.0. The molecular formula is C17H20N2O4S. The normalized spacial score (nSPS) is 19.6. The molecule has 0 heterocycles. The summed E-state index contributed by atoms with van der Waals surface area (Å²) in [4.78, 5) is 24.6. The molecule has 0 aliphatic heterocycles. The van der Waals surface area contributed by atoms with Gasteiger partial charge in [0.1, 0.15) is 23.3 Å². The molecule has 24 heavy (non-hydrogen) atoms. The molecule has 0 bridgehead atoms. The third kappa shape index (κ3) is 4.39. The van der Waals surface area contributed by atoms with E-state index in [2.05, 4.69) is 0 Å². The average Bonchev–Trinajstić information content (AvgIpc) is 3.02. The minimum atomic E-state index is -0.676. The van der Waals surface area contributed by atoms with Gasteiger partial charge in [-0.15, -0.1) is 11.8 Å². The van der Waals surface area contributed by atoms with Crippen LogP contribution in [-0.4, -0.2) is 31.4 Å². The maximum Gasteiger partial charge on any atom is 0.349 e. The molecule has 0 radical (unpaired) electrons. The molecule has 0 N–H and O–H groups in total. The van der Waals surface area contributed by atoms with Crippen LogP contribution in [0, 0.1) is 28.6 Å². The van der Waals surface area contributed by atoms with E-state index < -0.39 is 11.9 Å². The Hall–Kier alpha value is -2.25. The fourth-order valence-corrected chi connectivity index (χ4v) is 3.59. The van der Waals surface area contributed by atoms with E-state index in [1.807, 2.05) is 12.1 Å². The highest BCUT2D eigenvalue weighted by atomic mass is 32.2. The van der Waals surface area contributed by atoms with Crippen molar-refractivity contribution in [3.8, 4) is 12.1 Å². The first-order valence-corrected chi connectivity index (χ1v) is 8.93. The molecule has 128 valence electrons. The molecule has 1 saturated carbocycles. The first kappa shape index (κ1) is 19.8. The maximum atomic E-state index is 12.0. The van der Waals surface area contributed by atoms with Gasteiger partial charge in [-0.25, -0.2) is 9.59 Å². The van der Waals surface area contributed by atoms with Crippen LogP contribution in [-0.2, 0) is 19.1 Å². The van der Waals surface area contributed by atoms with Crippen molar-refractivity contribution in [3.05, 3.63) is 21.6 Å². The van der Waals surface area contributed by atoms with E-state index in [-0.39, 0.29) is 30.3 Å². The Morgan fingerprint density at radius 1 is 1.17 bits per heavy atom. The van der Waals surface area contributed by atoms with Crippen molar-refractivity contribution >= 4 is 23.7 Å². The second-order valence-electron chi connectivity index (χ2n) is 4.95. The number of allylic oxidation sites excluding steroid dienone is 2. The molecule has 0 spiro atoms. The molecule has 1 aliphatic rings. The van der Waals surface area contributed by atoms with Crippen LogP contribution in [0.2, 0.25) is 0 Å². The average molecular weight is 348 g/mol. The van der Waals surface area contributed by atoms with Gasteiger partial charge in [-0.3, -0.25) is 0 Å². The summed E-state index contributed by atoms with van der Waals surface area (Å²) in [5.74, 6) is -1.64. The van der Waals surface area contributed by atoms with Crippen molar-refractivity contribution in [2.75, 3.05) is 19.5 Å². The van der Waals surface area contributed by atoms with Crippen LogP contribution in [0.15, 0.2) is 21.6 Å². The summed E-state index contributed by atoms with van der Waals surface area (Å²) in [6.45, 7) is 3.69. The highest BCUT2D eigenvalue weighted by Gasteiger charge is 2.33. The molecule has 1 aliphatic carbocycles. The van der Waals surface area contributed by atoms with E-state index in [0.29, 0.717) is 23.3 Å². The highest BCUT2D eigenvalue weighted by molar-refractivity contribution is 8.02. The summed E-state index contributed by atoms with van der Waals surface area (Å²) >= 11 is 1.27. The van der Waals surface area contributed by atoms with E-state index in [1.165, 1.54) is 11.8 Å². The molecule has 1 atom stereocenters. The number of carbonyl (C=O) groups excluding carboxylic acids is 2. The number of hydrogen-bond acceptors (Lipinski definition) is 7. The lowest BCUT2D eigenvalue weighted by atomic mass is 9.95. The van der Waals surface area contributed by atoms with Crippen molar-refractivity contribution in [2.24, 2.45) is 5.92 Å². The lowest BCUT2D eigenvalue weighted by Crippen LogP contribution is -2.15. The Morgan fingerprint density at radius 3 is 2.29 bits per heavy atom. The molecule has 1 unspecified atom stereocenters. The van der Waals surface area contributed by atoms with Gasteiger partial charge in [-0.1, -0.05) is 0 Å². The molecule has 0 aromatic carbocycles. The third-order valence-corrected chi connectivity index (χ3v) is 4.57. The molecule has 6 nitrogen and oxygen atoms in total. The molecule has 0 aromatic rings. The largest absolute Gasteiger partial charge is 0.462 e. The monoisotopic (exact) mass is 348 g/mol. The zero-order chi connectivity index (χ0) is 18.1. The predicted molar refractivity (Wildman–Crippen MR) is 89.4 cm³/mol. The first-order chi connectivity index (χ1) is 11.5. The second kappa shape index (κ2) is 9.79. The Kier molecular flexibility index (Phi) is 8.08. The Morgan fingerprint density at radius 2 is 1.79 bits per heavy atom. The van der Waals surface area contributed by atoms with Crippen molar-refractivity contribution in [3.63, 3.8) is 0 Å². The van der Waals surface area contributed by atoms with Crippen LogP contribution in [0.1, 0.15) is 33.1 Å². The van der Waals surface area contributed by atoms with E-state index >= 15 is 0 Å². The fraction of sp³-hybridized carbons (Fsp3) is 0.529. The Bertz CT molecular complexity index is 652. The van der Waals surface area contributed by atoms with E-state index in [1.54, 1.807) is 20.1 Å². The van der Waals surface area contributed by atoms with E-state index in [0.717, 1.165) is 6.42 Å². The standard InChI is InChI=1S/C17H20N2O4S/c1-4-22-16(20)13(9-18)11-7-6-8-12(11)15(24-3)14(10-19)17(21)23-5-2/h12H,4-8H2,1-3H3/b13-11+,15-14+. The second-order valence-corrected chi connectivity index (χ2v) is 5.80. The fourth-order valence-electron chi connectivity index (χ4n) is 2.71. The summed E-state index contributed by atoms with van der Waals surface area (Å²) in [5, 5.41) is 18.7. The van der Waals surface area contributed by atoms with Crippen molar-refractivity contribution in [2.45, 2.75) is 33.1 Å². The van der Waals surface area contributed by atoms with Crippen LogP contribution in [0.4, 0.5) is 0 Å². The third-order valence-electron chi connectivity index (χ3n) is 3.65. The number of carbonyl (C=O) groups is 2. The van der Waals surface area contributed by atoms with Gasteiger partial charge in [0.25, 0.3) is 0 Å². The van der Waals surface area contributed by atoms with Crippen molar-refractivity contribution < 1.29 is 19.1 Å². The molecule has 1 rings (SSSR count). The molecule has 0 saturated heterocycles. The van der Waals surface area contributed by atoms with Crippen LogP contribution in [0.3, 0.4) is 0 Å². The van der Waals surface area contributed by atoms with Gasteiger partial charge in [0.2, 0.25) is 0 Å². The summed E-state index contributed by atoms with van der Waals surface area (Å²) in [6, 6.07) is 3.83. The molecule has 0 aromatic heterocycles. The predicted octanol–water partition coefficient (Wildman–Crippen LogP) is 2.87. The van der Waals surface area contributed by atoms with Gasteiger partial charge in [-0.2, -0.15) is 10.5 Å². The summed E-state index contributed by atoms with van der Waals surface area (Å²) in [6.07, 6.45) is 3.77. The number of hydrogen-bond donors (Lipinski definition) is 0. The number of nitrogens with zero attached hydrogens (tertiary/aromatic N) is 2. The molecule has 7 heteroatoms. The Balaban J connectivity index is 3.39. The van der Waals surface area contributed by atoms with E-state index in [9.17, 15) is 20.1 Å². The van der Waals surface area contributed by atoms with E-state index in [4.69, 9.17) is 9.47 Å². The van der Waals surface area contributed by atoms with Crippen LogP contribution in [0.25, 0.3) is 0 Å². The first-order valence-electron chi connectivity index (χ1n) is 7.71. The summed E-state index contributed by atoms with van der Waals surface area (Å²) < 4.78 is 9.88. The van der Waals surface area contributed by atoms with Gasteiger partial charge in [0, 0.05) is 10.8 Å². The number of rotatable bonds is 6. The van der Waals surface area contributed by atoms with Gasteiger partial charge in [0.05, 0.1) is 13.2 Å². The summed E-state index contributed by atoms with van der Waals surface area (Å²) in [5.41, 5.74) is 0.555. The van der Waals surface area contributed by atoms with Crippen LogP contribution in [0.5, 0.6) is 0 Å². The summed E-state index contributed by atoms with van der Waals surface area (Å²) in [7, 11) is 0. The molecule has 0 amide bonds. The minimum Gasteiger partial charge on any atom is -0.462 e. The van der Waals surface area contributed by atoms with Crippen molar-refractivity contribution in [1.82, 2.24) is 0 Å². The van der Waals surface area contributed by atoms with Crippen molar-refractivity contribution in [1.29, 1.82) is 10.5 Å². The highest BCUT2D eigenvalue weighted by Crippen LogP contribution is 2.43. The van der Waals surface area contributed by atoms with Gasteiger partial charge in [-0.05, 0) is 44.9 Å². The SMILES string of the molecule is CCOC(=O)/C(C#N)=C1\CCCC1/C(SC)=C(/C#N)C(=O)OCC. The number of nitriles is 2. The zero-order valence-electron chi connectivity index (χ0n) is 14.0. The number of thioether (sulfide) groups is 1. The zero-order valence-corrected chi connectivity index (χ0v) is 14.9. The number of esters is 2. The van der Waals surface area contributed by atoms with Gasteiger partial charge in [0.15, 0.2) is 0 Å². The lowest BCUT2D eigenvalue weighted by molar-refractivity contribution is -0.138. The van der Waals surface area contributed by atoms with Crippen LogP contribution < -0.4 is 0 Å². The van der Waals surface area contributed by atoms with Crippen LogP contribution >= 0.6 is 11.8 Å². The molecular weight excluding hydrogens is 328 g/mol. The Labute approximate surface area is 146 Å². The van der Waals surface area contributed by atoms with Gasteiger partial charge >= 0.3 is 11.9 Å². The topological polar surface area (TPSA) is 100 Å². The quantitative estimate of drug-likeness (QED) is 0.413. The number of ether oxygens (including phenoxy) is 2. The lowest BCUT2D eigenvalue weighted by Gasteiger charge is -2.17.